The standard InChI is InChI=1S/C15H16ClNO/c16-14-8-6-12(7-9-14)10-17-11-15(18)13-4-2-1-3-5-13/h1-9,15,17-18H,10-11H2/t15-/m0/s1. The molecule has 0 unspecified atom stereocenters. The van der Waals surface area contributed by atoms with E-state index in [1.807, 2.05) is 54.6 Å². The molecule has 0 fully saturated rings. The highest BCUT2D eigenvalue weighted by molar-refractivity contribution is 6.30. The highest BCUT2D eigenvalue weighted by Crippen LogP contribution is 2.12. The minimum absolute atomic E-state index is 0.474. The zero-order chi connectivity index (χ0) is 12.8. The van der Waals surface area contributed by atoms with E-state index < -0.39 is 6.10 Å². The van der Waals surface area contributed by atoms with Crippen LogP contribution in [0.1, 0.15) is 17.2 Å². The van der Waals surface area contributed by atoms with Gasteiger partial charge in [0.2, 0.25) is 0 Å². The van der Waals surface area contributed by atoms with E-state index in [1.165, 1.54) is 0 Å². The summed E-state index contributed by atoms with van der Waals surface area (Å²) >= 11 is 5.82. The third-order valence-electron chi connectivity index (χ3n) is 2.76. The normalized spacial score (nSPS) is 12.3. The predicted molar refractivity (Wildman–Crippen MR) is 74.6 cm³/mol. The molecule has 0 bridgehead atoms. The molecule has 0 aromatic heterocycles. The van der Waals surface area contributed by atoms with E-state index in [2.05, 4.69) is 5.32 Å². The van der Waals surface area contributed by atoms with Gasteiger partial charge in [-0.05, 0) is 23.3 Å². The van der Waals surface area contributed by atoms with Crippen molar-refractivity contribution in [2.75, 3.05) is 6.54 Å². The molecule has 18 heavy (non-hydrogen) atoms. The van der Waals surface area contributed by atoms with Crippen LogP contribution < -0.4 is 5.32 Å². The monoisotopic (exact) mass is 261 g/mol. The number of halogens is 1. The van der Waals surface area contributed by atoms with Crippen LogP contribution in [0.2, 0.25) is 5.02 Å². The summed E-state index contributed by atoms with van der Waals surface area (Å²) in [6, 6.07) is 17.3. The van der Waals surface area contributed by atoms with Crippen molar-refractivity contribution < 1.29 is 5.11 Å². The summed E-state index contributed by atoms with van der Waals surface area (Å²) in [6.45, 7) is 1.26. The minimum atomic E-state index is -0.474. The number of hydrogen-bond acceptors (Lipinski definition) is 2. The number of aliphatic hydroxyl groups excluding tert-OH is 1. The molecule has 2 N–H and O–H groups in total. The van der Waals surface area contributed by atoms with Crippen molar-refractivity contribution >= 4 is 11.6 Å². The fourth-order valence-corrected chi connectivity index (χ4v) is 1.87. The smallest absolute Gasteiger partial charge is 0.0914 e. The first-order valence-electron chi connectivity index (χ1n) is 5.94. The molecular formula is C15H16ClNO. The van der Waals surface area contributed by atoms with Gasteiger partial charge in [0.05, 0.1) is 6.10 Å². The van der Waals surface area contributed by atoms with Gasteiger partial charge < -0.3 is 10.4 Å². The first-order chi connectivity index (χ1) is 8.75. The number of aliphatic hydroxyl groups is 1. The van der Waals surface area contributed by atoms with Gasteiger partial charge in [-0.1, -0.05) is 54.1 Å². The van der Waals surface area contributed by atoms with Crippen LogP contribution in [0.25, 0.3) is 0 Å². The Balaban J connectivity index is 1.80. The van der Waals surface area contributed by atoms with Gasteiger partial charge in [-0.25, -0.2) is 0 Å². The average Bonchev–Trinajstić information content (AvgIpc) is 2.42. The maximum Gasteiger partial charge on any atom is 0.0914 e. The summed E-state index contributed by atoms with van der Waals surface area (Å²) in [5.41, 5.74) is 2.08. The minimum Gasteiger partial charge on any atom is -0.387 e. The van der Waals surface area contributed by atoms with E-state index >= 15 is 0 Å². The van der Waals surface area contributed by atoms with Gasteiger partial charge >= 0.3 is 0 Å². The first-order valence-corrected chi connectivity index (χ1v) is 6.31. The molecular weight excluding hydrogens is 246 g/mol. The highest BCUT2D eigenvalue weighted by Gasteiger charge is 2.05. The SMILES string of the molecule is O[C@@H](CNCc1ccc(Cl)cc1)c1ccccc1. The number of nitrogens with one attached hydrogen (secondary N) is 1. The van der Waals surface area contributed by atoms with Gasteiger partial charge in [0.25, 0.3) is 0 Å². The lowest BCUT2D eigenvalue weighted by Crippen LogP contribution is -2.20. The van der Waals surface area contributed by atoms with Gasteiger partial charge in [-0.15, -0.1) is 0 Å². The number of rotatable bonds is 5. The fraction of sp³-hybridized carbons (Fsp3) is 0.200. The fourth-order valence-electron chi connectivity index (χ4n) is 1.75. The van der Waals surface area contributed by atoms with Crippen molar-refractivity contribution in [2.45, 2.75) is 12.6 Å². The second kappa shape index (κ2) is 6.55. The molecule has 0 heterocycles. The Kier molecular flexibility index (Phi) is 4.76. The highest BCUT2D eigenvalue weighted by atomic mass is 35.5. The second-order valence-electron chi connectivity index (χ2n) is 4.18. The molecule has 2 rings (SSSR count). The van der Waals surface area contributed by atoms with E-state index in [0.717, 1.165) is 22.7 Å². The summed E-state index contributed by atoms with van der Waals surface area (Å²) < 4.78 is 0. The molecule has 2 aromatic carbocycles. The molecule has 0 saturated carbocycles. The lowest BCUT2D eigenvalue weighted by atomic mass is 10.1. The lowest BCUT2D eigenvalue weighted by molar-refractivity contribution is 0.174. The lowest BCUT2D eigenvalue weighted by Gasteiger charge is -2.12. The molecule has 0 amide bonds. The van der Waals surface area contributed by atoms with Crippen molar-refractivity contribution in [3.63, 3.8) is 0 Å². The Bertz CT molecular complexity index is 470. The Morgan fingerprint density at radius 3 is 2.33 bits per heavy atom. The molecule has 3 heteroatoms. The third kappa shape index (κ3) is 3.84. The van der Waals surface area contributed by atoms with Crippen LogP contribution in [0.5, 0.6) is 0 Å². The molecule has 0 spiro atoms. The molecule has 0 radical (unpaired) electrons. The zero-order valence-electron chi connectivity index (χ0n) is 10.0. The average molecular weight is 262 g/mol. The van der Waals surface area contributed by atoms with E-state index in [0.29, 0.717) is 6.54 Å². The van der Waals surface area contributed by atoms with Crippen LogP contribution in [-0.4, -0.2) is 11.7 Å². The second-order valence-corrected chi connectivity index (χ2v) is 4.62. The van der Waals surface area contributed by atoms with Crippen LogP contribution in [0, 0.1) is 0 Å². The number of benzene rings is 2. The molecule has 2 nitrogen and oxygen atoms in total. The zero-order valence-corrected chi connectivity index (χ0v) is 10.8. The summed E-state index contributed by atoms with van der Waals surface area (Å²) in [5.74, 6) is 0. The van der Waals surface area contributed by atoms with Crippen LogP contribution in [0.4, 0.5) is 0 Å². The summed E-state index contributed by atoms with van der Waals surface area (Å²) in [7, 11) is 0. The molecule has 94 valence electrons. The maximum atomic E-state index is 9.96. The third-order valence-corrected chi connectivity index (χ3v) is 3.02. The molecule has 0 aliphatic rings. The van der Waals surface area contributed by atoms with Gasteiger partial charge in [-0.2, -0.15) is 0 Å². The largest absolute Gasteiger partial charge is 0.387 e. The Morgan fingerprint density at radius 1 is 1.00 bits per heavy atom. The Hall–Kier alpha value is -1.35. The summed E-state index contributed by atoms with van der Waals surface area (Å²) in [5, 5.41) is 13.9. The molecule has 0 aliphatic heterocycles. The van der Waals surface area contributed by atoms with Gasteiger partial charge in [0.15, 0.2) is 0 Å². The van der Waals surface area contributed by atoms with E-state index in [1.54, 1.807) is 0 Å². The molecule has 0 saturated heterocycles. The quantitative estimate of drug-likeness (QED) is 0.867. The van der Waals surface area contributed by atoms with E-state index in [-0.39, 0.29) is 0 Å². The van der Waals surface area contributed by atoms with Crippen LogP contribution >= 0.6 is 11.6 Å². The van der Waals surface area contributed by atoms with E-state index in [9.17, 15) is 5.11 Å². The van der Waals surface area contributed by atoms with Gasteiger partial charge in [0.1, 0.15) is 0 Å². The van der Waals surface area contributed by atoms with Crippen molar-refractivity contribution in [1.29, 1.82) is 0 Å². The number of hydrogen-bond donors (Lipinski definition) is 2. The van der Waals surface area contributed by atoms with Crippen LogP contribution in [-0.2, 0) is 6.54 Å². The van der Waals surface area contributed by atoms with Gasteiger partial charge in [0, 0.05) is 18.1 Å². The topological polar surface area (TPSA) is 32.3 Å². The van der Waals surface area contributed by atoms with Crippen LogP contribution in [0.15, 0.2) is 54.6 Å². The van der Waals surface area contributed by atoms with Gasteiger partial charge in [-0.3, -0.25) is 0 Å². The molecule has 2 aromatic rings. The Morgan fingerprint density at radius 2 is 1.67 bits per heavy atom. The van der Waals surface area contributed by atoms with Crippen molar-refractivity contribution in [3.8, 4) is 0 Å². The van der Waals surface area contributed by atoms with E-state index in [4.69, 9.17) is 11.6 Å². The van der Waals surface area contributed by atoms with Crippen molar-refractivity contribution in [1.82, 2.24) is 5.32 Å². The maximum absolute atomic E-state index is 9.96. The summed E-state index contributed by atoms with van der Waals surface area (Å²) in [4.78, 5) is 0. The Labute approximate surface area is 112 Å². The van der Waals surface area contributed by atoms with Crippen LogP contribution in [0.3, 0.4) is 0 Å². The van der Waals surface area contributed by atoms with Crippen molar-refractivity contribution in [3.05, 3.63) is 70.7 Å². The first kappa shape index (κ1) is 13.1. The molecule has 0 aliphatic carbocycles. The predicted octanol–water partition coefficient (Wildman–Crippen LogP) is 3.16. The van der Waals surface area contributed by atoms with Crippen molar-refractivity contribution in [2.24, 2.45) is 0 Å². The summed E-state index contributed by atoms with van der Waals surface area (Å²) in [6.07, 6.45) is -0.474. The molecule has 1 atom stereocenters.